The summed E-state index contributed by atoms with van der Waals surface area (Å²) in [4.78, 5) is 38.3. The van der Waals surface area contributed by atoms with Gasteiger partial charge < -0.3 is 0 Å². The number of anilines is 1. The van der Waals surface area contributed by atoms with Gasteiger partial charge in [0, 0.05) is 0 Å². The first-order valence-electron chi connectivity index (χ1n) is 7.23. The van der Waals surface area contributed by atoms with Crippen molar-refractivity contribution in [1.29, 1.82) is 0 Å². The third-order valence-electron chi connectivity index (χ3n) is 4.52. The third kappa shape index (κ3) is 1.95. The van der Waals surface area contributed by atoms with Crippen LogP contribution in [0.2, 0.25) is 0 Å². The molecule has 4 amide bonds. The molecule has 0 atom stereocenters. The van der Waals surface area contributed by atoms with Crippen molar-refractivity contribution in [2.45, 2.75) is 39.5 Å². The van der Waals surface area contributed by atoms with Crippen molar-refractivity contribution in [3.63, 3.8) is 0 Å². The summed E-state index contributed by atoms with van der Waals surface area (Å²) in [5, 5.41) is 2.36. The Balaban J connectivity index is 2.07. The maximum atomic E-state index is 12.9. The Hall–Kier alpha value is -2.17. The number of amides is 4. The molecule has 1 spiro atoms. The Bertz CT molecular complexity index is 645. The van der Waals surface area contributed by atoms with Gasteiger partial charge in [0.15, 0.2) is 0 Å². The Kier molecular flexibility index (Phi) is 3.08. The van der Waals surface area contributed by atoms with Gasteiger partial charge in [-0.2, -0.15) is 0 Å². The number of hydrogen-bond acceptors (Lipinski definition) is 3. The SMILES string of the molecule is Cc1ccc(N2C(=O)NC(=O)C3(CCCC3)C2=O)c(C)c1. The van der Waals surface area contributed by atoms with Gasteiger partial charge in [0.25, 0.3) is 5.91 Å². The summed E-state index contributed by atoms with van der Waals surface area (Å²) in [6, 6.07) is 4.91. The number of imide groups is 2. The van der Waals surface area contributed by atoms with E-state index < -0.39 is 17.4 Å². The topological polar surface area (TPSA) is 66.5 Å². The minimum atomic E-state index is -1.05. The highest BCUT2D eigenvalue weighted by Gasteiger charge is 2.55. The zero-order valence-electron chi connectivity index (χ0n) is 12.2. The van der Waals surface area contributed by atoms with E-state index in [9.17, 15) is 14.4 Å². The summed E-state index contributed by atoms with van der Waals surface area (Å²) in [5.74, 6) is -0.809. The molecule has 1 aromatic rings. The zero-order chi connectivity index (χ0) is 15.2. The molecule has 1 saturated heterocycles. The molecule has 0 bridgehead atoms. The van der Waals surface area contributed by atoms with Crippen LogP contribution >= 0.6 is 0 Å². The van der Waals surface area contributed by atoms with E-state index >= 15 is 0 Å². The lowest BCUT2D eigenvalue weighted by atomic mass is 9.82. The smallest absolute Gasteiger partial charge is 0.276 e. The van der Waals surface area contributed by atoms with Crippen molar-refractivity contribution < 1.29 is 14.4 Å². The number of aryl methyl sites for hydroxylation is 2. The van der Waals surface area contributed by atoms with E-state index in [0.29, 0.717) is 18.5 Å². The molecule has 1 heterocycles. The average molecular weight is 286 g/mol. The highest BCUT2D eigenvalue weighted by Crippen LogP contribution is 2.43. The van der Waals surface area contributed by atoms with Crippen LogP contribution in [0.5, 0.6) is 0 Å². The molecule has 0 radical (unpaired) electrons. The molecule has 1 aliphatic carbocycles. The fourth-order valence-electron chi connectivity index (χ4n) is 3.37. The molecule has 1 saturated carbocycles. The molecule has 1 aliphatic heterocycles. The Morgan fingerprint density at radius 3 is 2.38 bits per heavy atom. The maximum absolute atomic E-state index is 12.9. The number of hydrogen-bond donors (Lipinski definition) is 1. The largest absolute Gasteiger partial charge is 0.335 e. The van der Waals surface area contributed by atoms with Gasteiger partial charge in [0.1, 0.15) is 5.41 Å². The van der Waals surface area contributed by atoms with Crippen LogP contribution in [0.3, 0.4) is 0 Å². The highest BCUT2D eigenvalue weighted by molar-refractivity contribution is 6.30. The van der Waals surface area contributed by atoms with Gasteiger partial charge in [0.05, 0.1) is 5.69 Å². The van der Waals surface area contributed by atoms with Crippen molar-refractivity contribution in [1.82, 2.24) is 5.32 Å². The van der Waals surface area contributed by atoms with Crippen LogP contribution in [-0.2, 0) is 9.59 Å². The maximum Gasteiger partial charge on any atom is 0.335 e. The number of nitrogens with zero attached hydrogens (tertiary/aromatic N) is 1. The summed E-state index contributed by atoms with van der Waals surface area (Å²) < 4.78 is 0. The fourth-order valence-corrected chi connectivity index (χ4v) is 3.37. The fraction of sp³-hybridized carbons (Fsp3) is 0.438. The van der Waals surface area contributed by atoms with Crippen LogP contribution in [0, 0.1) is 19.3 Å². The van der Waals surface area contributed by atoms with Crippen molar-refractivity contribution in [3.05, 3.63) is 29.3 Å². The second-order valence-electron chi connectivity index (χ2n) is 5.98. The lowest BCUT2D eigenvalue weighted by Gasteiger charge is -2.37. The van der Waals surface area contributed by atoms with Crippen LogP contribution in [-0.4, -0.2) is 17.8 Å². The van der Waals surface area contributed by atoms with Crippen LogP contribution in [0.1, 0.15) is 36.8 Å². The summed E-state index contributed by atoms with van der Waals surface area (Å²) in [7, 11) is 0. The van der Waals surface area contributed by atoms with E-state index in [0.717, 1.165) is 28.9 Å². The third-order valence-corrected chi connectivity index (χ3v) is 4.52. The van der Waals surface area contributed by atoms with Crippen LogP contribution in [0.4, 0.5) is 10.5 Å². The van der Waals surface area contributed by atoms with E-state index in [1.54, 1.807) is 6.07 Å². The number of urea groups is 1. The summed E-state index contributed by atoms with van der Waals surface area (Å²) in [6.07, 6.45) is 2.72. The lowest BCUT2D eigenvalue weighted by Crippen LogP contribution is -2.63. The van der Waals surface area contributed by atoms with E-state index in [-0.39, 0.29) is 5.91 Å². The monoisotopic (exact) mass is 286 g/mol. The van der Waals surface area contributed by atoms with Crippen LogP contribution in [0.25, 0.3) is 0 Å². The molecular formula is C16H18N2O3. The van der Waals surface area contributed by atoms with Gasteiger partial charge in [0.2, 0.25) is 5.91 Å². The number of benzene rings is 1. The Morgan fingerprint density at radius 1 is 1.10 bits per heavy atom. The first kappa shape index (κ1) is 13.8. The van der Waals surface area contributed by atoms with Gasteiger partial charge in [-0.25, -0.2) is 9.69 Å². The van der Waals surface area contributed by atoms with Gasteiger partial charge in [-0.15, -0.1) is 0 Å². The van der Waals surface area contributed by atoms with E-state index in [1.165, 1.54) is 0 Å². The predicted molar refractivity (Wildman–Crippen MR) is 77.8 cm³/mol. The molecule has 2 fully saturated rings. The minimum absolute atomic E-state index is 0.374. The van der Waals surface area contributed by atoms with E-state index in [2.05, 4.69) is 5.32 Å². The first-order valence-corrected chi connectivity index (χ1v) is 7.23. The summed E-state index contributed by atoms with van der Waals surface area (Å²) in [5.41, 5.74) is 1.42. The Morgan fingerprint density at radius 2 is 1.76 bits per heavy atom. The molecular weight excluding hydrogens is 268 g/mol. The zero-order valence-corrected chi connectivity index (χ0v) is 12.2. The highest BCUT2D eigenvalue weighted by atomic mass is 16.2. The van der Waals surface area contributed by atoms with E-state index in [1.807, 2.05) is 26.0 Å². The van der Waals surface area contributed by atoms with Gasteiger partial charge in [-0.05, 0) is 38.3 Å². The molecule has 5 nitrogen and oxygen atoms in total. The Labute approximate surface area is 123 Å². The minimum Gasteiger partial charge on any atom is -0.276 e. The van der Waals surface area contributed by atoms with Crippen LogP contribution in [0.15, 0.2) is 18.2 Å². The molecule has 21 heavy (non-hydrogen) atoms. The summed E-state index contributed by atoms with van der Waals surface area (Å²) >= 11 is 0. The first-order chi connectivity index (χ1) is 9.95. The van der Waals surface area contributed by atoms with Crippen molar-refractivity contribution in [2.24, 2.45) is 5.41 Å². The molecule has 2 aliphatic rings. The number of carbonyl (C=O) groups is 3. The molecule has 3 rings (SSSR count). The van der Waals surface area contributed by atoms with Crippen molar-refractivity contribution in [3.8, 4) is 0 Å². The quantitative estimate of drug-likeness (QED) is 0.806. The van der Waals surface area contributed by atoms with Crippen molar-refractivity contribution in [2.75, 3.05) is 4.90 Å². The standard InChI is InChI=1S/C16H18N2O3/c1-10-5-6-12(11(2)9-10)18-14(20)16(7-3-4-8-16)13(19)17-15(18)21/h5-6,9H,3-4,7-8H2,1-2H3,(H,17,19,21). The molecule has 0 aromatic heterocycles. The second kappa shape index (κ2) is 4.69. The normalized spacial score (nSPS) is 21.0. The number of nitrogens with one attached hydrogen (secondary N) is 1. The number of barbiturate groups is 1. The molecule has 0 unspecified atom stereocenters. The average Bonchev–Trinajstić information content (AvgIpc) is 2.90. The van der Waals surface area contributed by atoms with Crippen molar-refractivity contribution >= 4 is 23.5 Å². The number of carbonyl (C=O) groups excluding carboxylic acids is 3. The number of rotatable bonds is 1. The molecule has 5 heteroatoms. The molecule has 1 aromatic carbocycles. The predicted octanol–water partition coefficient (Wildman–Crippen LogP) is 2.45. The van der Waals surface area contributed by atoms with Gasteiger partial charge >= 0.3 is 6.03 Å². The molecule has 110 valence electrons. The van der Waals surface area contributed by atoms with Gasteiger partial charge in [-0.1, -0.05) is 30.5 Å². The van der Waals surface area contributed by atoms with E-state index in [4.69, 9.17) is 0 Å². The second-order valence-corrected chi connectivity index (χ2v) is 5.98. The van der Waals surface area contributed by atoms with Crippen LogP contribution < -0.4 is 10.2 Å². The lowest BCUT2D eigenvalue weighted by molar-refractivity contribution is -0.142. The van der Waals surface area contributed by atoms with Gasteiger partial charge in [-0.3, -0.25) is 14.9 Å². The summed E-state index contributed by atoms with van der Waals surface area (Å²) in [6.45, 7) is 3.82. The molecule has 1 N–H and O–H groups in total.